The lowest BCUT2D eigenvalue weighted by molar-refractivity contribution is -0.384. The minimum absolute atomic E-state index is 0.450. The number of halogens is 3. The van der Waals surface area contributed by atoms with Crippen LogP contribution in [0.3, 0.4) is 0 Å². The zero-order chi connectivity index (χ0) is 14.9. The summed E-state index contributed by atoms with van der Waals surface area (Å²) in [6.45, 7) is 1.67. The summed E-state index contributed by atoms with van der Waals surface area (Å²) in [5.74, 6) is -2.42. The summed E-state index contributed by atoms with van der Waals surface area (Å²) in [4.78, 5) is 10.1. The van der Waals surface area contributed by atoms with Crippen LogP contribution in [-0.4, -0.2) is 4.92 Å². The highest BCUT2D eigenvalue weighted by Gasteiger charge is 2.23. The topological polar surface area (TPSA) is 55.2 Å². The maximum absolute atomic E-state index is 13.7. The molecule has 0 aliphatic rings. The van der Waals surface area contributed by atoms with Gasteiger partial charge >= 0.3 is 0 Å². The van der Waals surface area contributed by atoms with Crippen molar-refractivity contribution in [1.29, 1.82) is 0 Å². The van der Waals surface area contributed by atoms with Crippen molar-refractivity contribution < 1.29 is 13.7 Å². The Labute approximate surface area is 122 Å². The zero-order valence-electron chi connectivity index (χ0n) is 10.2. The first kappa shape index (κ1) is 14.7. The smallest absolute Gasteiger partial charge is 0.295 e. The lowest BCUT2D eigenvalue weighted by Crippen LogP contribution is -2.10. The van der Waals surface area contributed by atoms with Crippen molar-refractivity contribution in [2.75, 3.05) is 5.32 Å². The molecule has 1 N–H and O–H groups in total. The first-order valence-corrected chi connectivity index (χ1v) is 6.78. The molecular weight excluding hydrogens is 310 g/mol. The summed E-state index contributed by atoms with van der Waals surface area (Å²) in [6, 6.07) is 2.86. The van der Waals surface area contributed by atoms with E-state index in [0.717, 1.165) is 17.7 Å². The second-order valence-corrected chi connectivity index (χ2v) is 5.61. The van der Waals surface area contributed by atoms with Crippen LogP contribution in [0.25, 0.3) is 0 Å². The third kappa shape index (κ3) is 2.88. The van der Waals surface area contributed by atoms with Crippen LogP contribution in [0.1, 0.15) is 18.5 Å². The van der Waals surface area contributed by atoms with E-state index in [1.807, 2.05) is 0 Å². The summed E-state index contributed by atoms with van der Waals surface area (Å²) >= 11 is 7.08. The van der Waals surface area contributed by atoms with Crippen LogP contribution in [0.2, 0.25) is 4.34 Å². The normalized spacial score (nSPS) is 12.2. The predicted octanol–water partition coefficient (Wildman–Crippen LogP) is 4.76. The van der Waals surface area contributed by atoms with Crippen molar-refractivity contribution in [3.8, 4) is 0 Å². The fourth-order valence-electron chi connectivity index (χ4n) is 1.68. The first-order valence-electron chi connectivity index (χ1n) is 5.53. The minimum Gasteiger partial charge on any atom is -0.370 e. The largest absolute Gasteiger partial charge is 0.370 e. The fourth-order valence-corrected chi connectivity index (χ4v) is 2.66. The Balaban J connectivity index is 2.37. The van der Waals surface area contributed by atoms with Crippen LogP contribution in [0, 0.1) is 21.7 Å². The molecule has 0 aliphatic carbocycles. The maximum Gasteiger partial charge on any atom is 0.295 e. The van der Waals surface area contributed by atoms with Crippen LogP contribution in [-0.2, 0) is 0 Å². The second kappa shape index (κ2) is 5.72. The molecule has 0 fully saturated rings. The van der Waals surface area contributed by atoms with E-state index in [4.69, 9.17) is 11.6 Å². The number of nitro groups is 1. The molecule has 0 bridgehead atoms. The molecule has 1 heterocycles. The molecule has 8 heteroatoms. The Morgan fingerprint density at radius 3 is 2.70 bits per heavy atom. The molecule has 2 aromatic rings. The van der Waals surface area contributed by atoms with Gasteiger partial charge < -0.3 is 5.32 Å². The number of benzene rings is 1. The Kier molecular flexibility index (Phi) is 4.20. The van der Waals surface area contributed by atoms with Crippen molar-refractivity contribution in [3.05, 3.63) is 55.2 Å². The van der Waals surface area contributed by atoms with Gasteiger partial charge in [0.05, 0.1) is 9.26 Å². The fraction of sp³-hybridized carbons (Fsp3) is 0.167. The lowest BCUT2D eigenvalue weighted by atomic mass is 10.1. The Morgan fingerprint density at radius 2 is 2.15 bits per heavy atom. The second-order valence-electron chi connectivity index (χ2n) is 4.06. The van der Waals surface area contributed by atoms with Crippen molar-refractivity contribution in [1.82, 2.24) is 0 Å². The van der Waals surface area contributed by atoms with Gasteiger partial charge in [-0.25, -0.2) is 8.78 Å². The summed E-state index contributed by atoms with van der Waals surface area (Å²) in [5, 5.41) is 15.2. The molecule has 4 nitrogen and oxygen atoms in total. The number of anilines is 1. The maximum atomic E-state index is 13.7. The highest BCUT2D eigenvalue weighted by Crippen LogP contribution is 2.33. The van der Waals surface area contributed by atoms with E-state index in [2.05, 4.69) is 5.32 Å². The van der Waals surface area contributed by atoms with Crippen molar-refractivity contribution in [3.63, 3.8) is 0 Å². The SMILES string of the molecule is CC(Nc1c([N+](=O)[O-])ccc(F)c1F)c1csc(Cl)c1. The number of hydrogen-bond donors (Lipinski definition) is 1. The molecule has 1 atom stereocenters. The van der Waals surface area contributed by atoms with Crippen molar-refractivity contribution >= 4 is 34.3 Å². The van der Waals surface area contributed by atoms with Gasteiger partial charge in [-0.15, -0.1) is 11.3 Å². The summed E-state index contributed by atoms with van der Waals surface area (Å²) < 4.78 is 27.5. The van der Waals surface area contributed by atoms with Gasteiger partial charge in [0.15, 0.2) is 17.3 Å². The molecule has 0 saturated heterocycles. The number of hydrogen-bond acceptors (Lipinski definition) is 4. The number of nitrogens with one attached hydrogen (secondary N) is 1. The molecule has 1 aromatic heterocycles. The molecule has 0 radical (unpaired) electrons. The minimum atomic E-state index is -1.27. The van der Waals surface area contributed by atoms with E-state index in [1.165, 1.54) is 11.3 Å². The van der Waals surface area contributed by atoms with Crippen molar-refractivity contribution in [2.45, 2.75) is 13.0 Å². The predicted molar refractivity (Wildman–Crippen MR) is 74.4 cm³/mol. The zero-order valence-corrected chi connectivity index (χ0v) is 11.8. The number of thiophene rings is 1. The molecule has 0 saturated carbocycles. The Hall–Kier alpha value is -1.73. The highest BCUT2D eigenvalue weighted by atomic mass is 35.5. The van der Waals surface area contributed by atoms with Gasteiger partial charge in [-0.1, -0.05) is 11.6 Å². The molecule has 2 rings (SSSR count). The lowest BCUT2D eigenvalue weighted by Gasteiger charge is -2.15. The van der Waals surface area contributed by atoms with E-state index < -0.39 is 34.0 Å². The molecule has 1 aromatic carbocycles. The molecule has 0 spiro atoms. The van der Waals surface area contributed by atoms with Crippen LogP contribution in [0.15, 0.2) is 23.6 Å². The van der Waals surface area contributed by atoms with E-state index in [0.29, 0.717) is 4.34 Å². The third-order valence-electron chi connectivity index (χ3n) is 2.72. The molecular formula is C12H9ClF2N2O2S. The van der Waals surface area contributed by atoms with Crippen LogP contribution in [0.4, 0.5) is 20.2 Å². The third-order valence-corrected chi connectivity index (χ3v) is 3.83. The van der Waals surface area contributed by atoms with Gasteiger partial charge in [-0.3, -0.25) is 10.1 Å². The van der Waals surface area contributed by atoms with E-state index in [9.17, 15) is 18.9 Å². The summed E-state index contributed by atoms with van der Waals surface area (Å²) in [5.41, 5.74) is -0.250. The summed E-state index contributed by atoms with van der Waals surface area (Å²) in [7, 11) is 0. The molecule has 0 amide bonds. The Morgan fingerprint density at radius 1 is 1.45 bits per heavy atom. The van der Waals surface area contributed by atoms with Gasteiger partial charge in [0.1, 0.15) is 0 Å². The van der Waals surface area contributed by atoms with Gasteiger partial charge in [0, 0.05) is 12.1 Å². The van der Waals surface area contributed by atoms with E-state index in [1.54, 1.807) is 18.4 Å². The molecule has 1 unspecified atom stereocenters. The van der Waals surface area contributed by atoms with Crippen LogP contribution in [0.5, 0.6) is 0 Å². The van der Waals surface area contributed by atoms with Gasteiger partial charge in [-0.2, -0.15) is 0 Å². The van der Waals surface area contributed by atoms with Crippen molar-refractivity contribution in [2.24, 2.45) is 0 Å². The van der Waals surface area contributed by atoms with Crippen LogP contribution >= 0.6 is 22.9 Å². The molecule has 20 heavy (non-hydrogen) atoms. The number of nitro benzene ring substituents is 1. The standard InChI is InChI=1S/C12H9ClF2N2O2S/c1-6(7-4-10(13)20-5-7)16-12-9(17(18)19)3-2-8(14)11(12)15/h2-6,16H,1H3. The Bertz CT molecular complexity index is 663. The monoisotopic (exact) mass is 318 g/mol. The average molecular weight is 319 g/mol. The quantitative estimate of drug-likeness (QED) is 0.653. The summed E-state index contributed by atoms with van der Waals surface area (Å²) in [6.07, 6.45) is 0. The number of rotatable bonds is 4. The molecule has 0 aliphatic heterocycles. The van der Waals surface area contributed by atoms with Gasteiger partial charge in [0.25, 0.3) is 5.69 Å². The molecule has 106 valence electrons. The van der Waals surface area contributed by atoms with Gasteiger partial charge in [-0.05, 0) is 30.0 Å². The van der Waals surface area contributed by atoms with Crippen LogP contribution < -0.4 is 5.32 Å². The van der Waals surface area contributed by atoms with E-state index >= 15 is 0 Å². The first-order chi connectivity index (χ1) is 9.40. The average Bonchev–Trinajstić information content (AvgIpc) is 2.81. The number of nitrogens with zero attached hydrogens (tertiary/aromatic N) is 1. The van der Waals surface area contributed by atoms with Gasteiger partial charge in [0.2, 0.25) is 0 Å². The highest BCUT2D eigenvalue weighted by molar-refractivity contribution is 7.14. The van der Waals surface area contributed by atoms with E-state index in [-0.39, 0.29) is 0 Å².